The monoisotopic (exact) mass is 214 g/mol. The Hall–Kier alpha value is -0.160. The van der Waals surface area contributed by atoms with Gasteiger partial charge in [0.2, 0.25) is 0 Å². The number of ether oxygens (including phenoxy) is 2. The van der Waals surface area contributed by atoms with Gasteiger partial charge in [0, 0.05) is 33.4 Å². The highest BCUT2D eigenvalue weighted by molar-refractivity contribution is 4.90. The van der Waals surface area contributed by atoms with E-state index in [0.29, 0.717) is 6.04 Å². The highest BCUT2D eigenvalue weighted by Crippen LogP contribution is 2.26. The molecule has 0 aromatic carbocycles. The number of piperidine rings is 1. The molecule has 4 heteroatoms. The molecule has 2 bridgehead atoms. The fourth-order valence-corrected chi connectivity index (χ4v) is 2.73. The van der Waals surface area contributed by atoms with E-state index in [0.717, 1.165) is 12.5 Å². The van der Waals surface area contributed by atoms with Crippen molar-refractivity contribution in [2.45, 2.75) is 25.2 Å². The minimum absolute atomic E-state index is 0.107. The van der Waals surface area contributed by atoms with Gasteiger partial charge in [-0.15, -0.1) is 0 Å². The smallest absolute Gasteiger partial charge is 0.169 e. The first kappa shape index (κ1) is 11.3. The number of hydrogen-bond acceptors (Lipinski definition) is 4. The molecule has 15 heavy (non-hydrogen) atoms. The van der Waals surface area contributed by atoms with E-state index in [-0.39, 0.29) is 6.29 Å². The highest BCUT2D eigenvalue weighted by Gasteiger charge is 2.33. The van der Waals surface area contributed by atoms with Crippen LogP contribution in [0.1, 0.15) is 12.8 Å². The normalized spacial score (nSPS) is 35.0. The van der Waals surface area contributed by atoms with Crippen molar-refractivity contribution in [1.29, 1.82) is 0 Å². The molecule has 2 fully saturated rings. The van der Waals surface area contributed by atoms with Crippen LogP contribution in [-0.2, 0) is 9.47 Å². The Labute approximate surface area is 91.9 Å². The molecule has 0 amide bonds. The van der Waals surface area contributed by atoms with Crippen LogP contribution in [0.3, 0.4) is 0 Å². The molecule has 0 aliphatic carbocycles. The Bertz CT molecular complexity index is 197. The van der Waals surface area contributed by atoms with E-state index in [9.17, 15) is 0 Å². The number of rotatable bonds is 5. The summed E-state index contributed by atoms with van der Waals surface area (Å²) in [7, 11) is 3.38. The Morgan fingerprint density at radius 1 is 1.27 bits per heavy atom. The number of fused-ring (bicyclic) bond motifs is 2. The minimum Gasteiger partial charge on any atom is -0.355 e. The van der Waals surface area contributed by atoms with Crippen molar-refractivity contribution < 1.29 is 9.47 Å². The van der Waals surface area contributed by atoms with Gasteiger partial charge in [0.15, 0.2) is 6.29 Å². The van der Waals surface area contributed by atoms with Gasteiger partial charge in [-0.1, -0.05) is 0 Å². The van der Waals surface area contributed by atoms with Crippen molar-refractivity contribution >= 4 is 0 Å². The number of hydrogen-bond donors (Lipinski definition) is 1. The van der Waals surface area contributed by atoms with Crippen molar-refractivity contribution in [3.8, 4) is 0 Å². The summed E-state index contributed by atoms with van der Waals surface area (Å²) >= 11 is 0. The third-order valence-corrected chi connectivity index (χ3v) is 3.71. The standard InChI is InChI=1S/C11H22N2O2/c1-14-11(15-2)7-12-10-4-6-13-5-3-9(10)8-13/h9-12H,3-8H2,1-2H3. The lowest BCUT2D eigenvalue weighted by Crippen LogP contribution is -2.46. The van der Waals surface area contributed by atoms with Crippen LogP contribution in [0.4, 0.5) is 0 Å². The highest BCUT2D eigenvalue weighted by atomic mass is 16.7. The van der Waals surface area contributed by atoms with Crippen LogP contribution in [0.2, 0.25) is 0 Å². The van der Waals surface area contributed by atoms with Crippen LogP contribution in [0, 0.1) is 5.92 Å². The first-order valence-corrected chi connectivity index (χ1v) is 5.85. The molecule has 0 spiro atoms. The number of nitrogens with one attached hydrogen (secondary N) is 1. The van der Waals surface area contributed by atoms with Gasteiger partial charge in [-0.05, 0) is 31.8 Å². The maximum Gasteiger partial charge on any atom is 0.169 e. The van der Waals surface area contributed by atoms with Gasteiger partial charge in [-0.2, -0.15) is 0 Å². The molecule has 2 saturated heterocycles. The quantitative estimate of drug-likeness (QED) is 0.667. The third kappa shape index (κ3) is 2.69. The van der Waals surface area contributed by atoms with Gasteiger partial charge in [0.05, 0.1) is 0 Å². The van der Waals surface area contributed by atoms with Crippen molar-refractivity contribution in [1.82, 2.24) is 10.2 Å². The van der Waals surface area contributed by atoms with Crippen molar-refractivity contribution in [2.24, 2.45) is 5.92 Å². The zero-order valence-electron chi connectivity index (χ0n) is 9.74. The van der Waals surface area contributed by atoms with Gasteiger partial charge in [-0.25, -0.2) is 0 Å². The second kappa shape index (κ2) is 5.25. The maximum atomic E-state index is 5.17. The first-order valence-electron chi connectivity index (χ1n) is 5.85. The number of methoxy groups -OCH3 is 2. The van der Waals surface area contributed by atoms with E-state index in [4.69, 9.17) is 9.47 Å². The van der Waals surface area contributed by atoms with Crippen LogP contribution in [-0.4, -0.2) is 57.6 Å². The van der Waals surface area contributed by atoms with Crippen LogP contribution >= 0.6 is 0 Å². The summed E-state index contributed by atoms with van der Waals surface area (Å²) in [5.41, 5.74) is 0. The SMILES string of the molecule is COC(CNC1CCN2CCC1C2)OC. The average Bonchev–Trinajstić information content (AvgIpc) is 2.65. The Kier molecular flexibility index (Phi) is 3.97. The Balaban J connectivity index is 1.74. The largest absolute Gasteiger partial charge is 0.355 e. The van der Waals surface area contributed by atoms with Crippen molar-refractivity contribution in [3.63, 3.8) is 0 Å². The molecule has 4 nitrogen and oxygen atoms in total. The van der Waals surface area contributed by atoms with Crippen LogP contribution < -0.4 is 5.32 Å². The lowest BCUT2D eigenvalue weighted by molar-refractivity contribution is -0.101. The topological polar surface area (TPSA) is 33.7 Å². The summed E-state index contributed by atoms with van der Waals surface area (Å²) in [6.45, 7) is 4.62. The molecule has 3 unspecified atom stereocenters. The summed E-state index contributed by atoms with van der Waals surface area (Å²) in [6, 6.07) is 0.663. The van der Waals surface area contributed by atoms with E-state index in [2.05, 4.69) is 10.2 Å². The molecule has 2 rings (SSSR count). The first-order chi connectivity index (χ1) is 7.33. The third-order valence-electron chi connectivity index (χ3n) is 3.71. The van der Waals surface area contributed by atoms with E-state index >= 15 is 0 Å². The molecule has 2 heterocycles. The molecule has 88 valence electrons. The molecular weight excluding hydrogens is 192 g/mol. The van der Waals surface area contributed by atoms with Crippen molar-refractivity contribution in [3.05, 3.63) is 0 Å². The second-order valence-corrected chi connectivity index (χ2v) is 4.55. The molecule has 3 atom stereocenters. The molecule has 0 saturated carbocycles. The molecule has 2 aliphatic rings. The minimum atomic E-state index is -0.107. The summed E-state index contributed by atoms with van der Waals surface area (Å²) < 4.78 is 10.3. The summed E-state index contributed by atoms with van der Waals surface area (Å²) in [6.07, 6.45) is 2.51. The van der Waals surface area contributed by atoms with Gasteiger partial charge >= 0.3 is 0 Å². The number of nitrogens with zero attached hydrogens (tertiary/aromatic N) is 1. The van der Waals surface area contributed by atoms with Crippen LogP contribution in [0.5, 0.6) is 0 Å². The molecule has 0 radical (unpaired) electrons. The zero-order valence-corrected chi connectivity index (χ0v) is 9.74. The fourth-order valence-electron chi connectivity index (χ4n) is 2.73. The van der Waals surface area contributed by atoms with E-state index in [1.807, 2.05) is 0 Å². The van der Waals surface area contributed by atoms with E-state index < -0.39 is 0 Å². The molecular formula is C11H22N2O2. The predicted octanol–water partition coefficient (Wildman–Crippen LogP) is 0.289. The lowest BCUT2D eigenvalue weighted by atomic mass is 9.94. The maximum absolute atomic E-state index is 5.17. The molecule has 1 N–H and O–H groups in total. The summed E-state index contributed by atoms with van der Waals surface area (Å²) in [5, 5.41) is 3.57. The summed E-state index contributed by atoms with van der Waals surface area (Å²) in [4.78, 5) is 2.56. The lowest BCUT2D eigenvalue weighted by Gasteiger charge is -2.31. The fraction of sp³-hybridized carbons (Fsp3) is 1.00. The van der Waals surface area contributed by atoms with Crippen LogP contribution in [0.15, 0.2) is 0 Å². The zero-order chi connectivity index (χ0) is 10.7. The Morgan fingerprint density at radius 2 is 2.00 bits per heavy atom. The van der Waals surface area contributed by atoms with Gasteiger partial charge in [0.1, 0.15) is 0 Å². The summed E-state index contributed by atoms with van der Waals surface area (Å²) in [5.74, 6) is 0.841. The molecule has 0 aromatic rings. The molecule has 0 aromatic heterocycles. The van der Waals surface area contributed by atoms with Gasteiger partial charge in [0.25, 0.3) is 0 Å². The van der Waals surface area contributed by atoms with E-state index in [1.165, 1.54) is 32.5 Å². The van der Waals surface area contributed by atoms with Gasteiger partial charge in [-0.3, -0.25) is 0 Å². The van der Waals surface area contributed by atoms with Crippen LogP contribution in [0.25, 0.3) is 0 Å². The van der Waals surface area contributed by atoms with Gasteiger partial charge < -0.3 is 19.7 Å². The average molecular weight is 214 g/mol. The second-order valence-electron chi connectivity index (χ2n) is 4.55. The Morgan fingerprint density at radius 3 is 2.73 bits per heavy atom. The predicted molar refractivity (Wildman–Crippen MR) is 58.8 cm³/mol. The van der Waals surface area contributed by atoms with Crippen molar-refractivity contribution in [2.75, 3.05) is 40.4 Å². The van der Waals surface area contributed by atoms with E-state index in [1.54, 1.807) is 14.2 Å². The molecule has 2 aliphatic heterocycles.